The lowest BCUT2D eigenvalue weighted by molar-refractivity contribution is 0.0211. The first kappa shape index (κ1) is 14.8. The van der Waals surface area contributed by atoms with Gasteiger partial charge in [-0.05, 0) is 25.0 Å². The van der Waals surface area contributed by atoms with Crippen LogP contribution >= 0.6 is 0 Å². The molecule has 124 valence electrons. The van der Waals surface area contributed by atoms with Crippen LogP contribution in [0.15, 0.2) is 24.5 Å². The fraction of sp³-hybridized carbons (Fsp3) is 0.647. The first-order valence-electron chi connectivity index (χ1n) is 8.53. The van der Waals surface area contributed by atoms with Crippen LogP contribution in [-0.2, 0) is 4.74 Å². The Hall–Kier alpha value is -1.82. The van der Waals surface area contributed by atoms with E-state index in [-0.39, 0.29) is 12.1 Å². The van der Waals surface area contributed by atoms with Crippen LogP contribution in [0.4, 0.5) is 4.79 Å². The molecule has 0 saturated carbocycles. The van der Waals surface area contributed by atoms with Gasteiger partial charge in [0.1, 0.15) is 11.9 Å². The predicted octanol–water partition coefficient (Wildman–Crippen LogP) is 1.91. The molecule has 0 radical (unpaired) electrons. The second-order valence-electron chi connectivity index (χ2n) is 6.57. The van der Waals surface area contributed by atoms with E-state index in [0.717, 1.165) is 31.4 Å². The van der Waals surface area contributed by atoms with Crippen LogP contribution in [0.3, 0.4) is 0 Å². The van der Waals surface area contributed by atoms with Gasteiger partial charge in [-0.3, -0.25) is 4.98 Å². The van der Waals surface area contributed by atoms with Crippen molar-refractivity contribution in [1.82, 2.24) is 14.8 Å². The summed E-state index contributed by atoms with van der Waals surface area (Å²) < 4.78 is 11.4. The van der Waals surface area contributed by atoms with E-state index >= 15 is 0 Å². The van der Waals surface area contributed by atoms with E-state index in [1.807, 2.05) is 17.0 Å². The molecule has 0 N–H and O–H groups in total. The first-order valence-corrected chi connectivity index (χ1v) is 8.53. The highest BCUT2D eigenvalue weighted by Gasteiger charge is 2.45. The number of pyridine rings is 1. The zero-order valence-corrected chi connectivity index (χ0v) is 13.3. The number of carbonyl (C=O) groups is 1. The lowest BCUT2D eigenvalue weighted by atomic mass is 10.00. The van der Waals surface area contributed by atoms with Crippen molar-refractivity contribution in [3.63, 3.8) is 0 Å². The van der Waals surface area contributed by atoms with Crippen molar-refractivity contribution in [2.24, 2.45) is 0 Å². The van der Waals surface area contributed by atoms with Gasteiger partial charge in [0, 0.05) is 44.2 Å². The van der Waals surface area contributed by atoms with Gasteiger partial charge in [-0.1, -0.05) is 0 Å². The Balaban J connectivity index is 1.40. The number of urea groups is 1. The summed E-state index contributed by atoms with van der Waals surface area (Å²) >= 11 is 0. The van der Waals surface area contributed by atoms with Crippen molar-refractivity contribution in [3.8, 4) is 5.75 Å². The smallest absolute Gasteiger partial charge is 0.320 e. The monoisotopic (exact) mass is 317 g/mol. The number of morpholine rings is 1. The number of amides is 2. The highest BCUT2D eigenvalue weighted by atomic mass is 16.5. The molecule has 0 spiro atoms. The molecule has 0 aromatic carbocycles. The molecule has 4 heterocycles. The number of fused-ring (bicyclic) bond motifs is 2. The van der Waals surface area contributed by atoms with Crippen LogP contribution in [0.2, 0.25) is 0 Å². The quantitative estimate of drug-likeness (QED) is 0.836. The van der Waals surface area contributed by atoms with E-state index in [0.29, 0.717) is 38.4 Å². The van der Waals surface area contributed by atoms with Gasteiger partial charge in [0.2, 0.25) is 0 Å². The van der Waals surface area contributed by atoms with Gasteiger partial charge >= 0.3 is 6.03 Å². The molecular weight excluding hydrogens is 294 g/mol. The number of aromatic nitrogens is 1. The summed E-state index contributed by atoms with van der Waals surface area (Å²) in [4.78, 5) is 21.0. The van der Waals surface area contributed by atoms with Gasteiger partial charge in [-0.15, -0.1) is 0 Å². The Morgan fingerprint density at radius 3 is 2.61 bits per heavy atom. The molecule has 3 fully saturated rings. The zero-order valence-electron chi connectivity index (χ0n) is 13.3. The standard InChI is InChI=1S/C17H23N3O3/c21-17(19-6-8-22-9-7-19)20-13-3-4-14(20)11-16(10-13)23-15-2-1-5-18-12-15/h1-2,5,12-14,16H,3-4,6-11H2. The normalized spacial score (nSPS) is 30.3. The Morgan fingerprint density at radius 2 is 1.96 bits per heavy atom. The molecule has 0 aliphatic carbocycles. The minimum atomic E-state index is 0.186. The number of piperidine rings is 1. The van der Waals surface area contributed by atoms with Crippen molar-refractivity contribution < 1.29 is 14.3 Å². The maximum absolute atomic E-state index is 12.8. The lowest BCUT2D eigenvalue weighted by Crippen LogP contribution is -2.55. The largest absolute Gasteiger partial charge is 0.489 e. The molecule has 1 aromatic heterocycles. The summed E-state index contributed by atoms with van der Waals surface area (Å²) in [7, 11) is 0. The van der Waals surface area contributed by atoms with Crippen LogP contribution < -0.4 is 4.74 Å². The summed E-state index contributed by atoms with van der Waals surface area (Å²) in [5, 5.41) is 0. The number of hydrogen-bond acceptors (Lipinski definition) is 4. The molecule has 2 amide bonds. The molecule has 4 rings (SSSR count). The minimum Gasteiger partial charge on any atom is -0.489 e. The fourth-order valence-electron chi connectivity index (χ4n) is 4.06. The van der Waals surface area contributed by atoms with E-state index in [2.05, 4.69) is 9.88 Å². The molecular formula is C17H23N3O3. The van der Waals surface area contributed by atoms with Crippen molar-refractivity contribution in [2.45, 2.75) is 43.9 Å². The predicted molar refractivity (Wildman–Crippen MR) is 84.3 cm³/mol. The van der Waals surface area contributed by atoms with Crippen molar-refractivity contribution in [1.29, 1.82) is 0 Å². The highest BCUT2D eigenvalue weighted by molar-refractivity contribution is 5.76. The molecule has 3 aliphatic heterocycles. The Morgan fingerprint density at radius 1 is 1.22 bits per heavy atom. The van der Waals surface area contributed by atoms with Gasteiger partial charge in [0.05, 0.1) is 19.4 Å². The van der Waals surface area contributed by atoms with E-state index in [4.69, 9.17) is 9.47 Å². The molecule has 3 saturated heterocycles. The van der Waals surface area contributed by atoms with Crippen LogP contribution in [-0.4, -0.2) is 65.3 Å². The average Bonchev–Trinajstić information content (AvgIpc) is 2.87. The van der Waals surface area contributed by atoms with E-state index in [1.165, 1.54) is 0 Å². The molecule has 2 bridgehead atoms. The van der Waals surface area contributed by atoms with E-state index < -0.39 is 0 Å². The Kier molecular flexibility index (Phi) is 4.08. The number of ether oxygens (including phenoxy) is 2. The van der Waals surface area contributed by atoms with Gasteiger partial charge < -0.3 is 19.3 Å². The summed E-state index contributed by atoms with van der Waals surface area (Å²) in [6, 6.07) is 4.65. The molecule has 3 aliphatic rings. The van der Waals surface area contributed by atoms with Crippen molar-refractivity contribution >= 4 is 6.03 Å². The van der Waals surface area contributed by atoms with Gasteiger partial charge in [0.15, 0.2) is 0 Å². The number of nitrogens with zero attached hydrogens (tertiary/aromatic N) is 3. The van der Waals surface area contributed by atoms with Gasteiger partial charge in [-0.25, -0.2) is 4.79 Å². The molecule has 2 unspecified atom stereocenters. The molecule has 6 heteroatoms. The minimum absolute atomic E-state index is 0.186. The summed E-state index contributed by atoms with van der Waals surface area (Å²) in [6.45, 7) is 2.73. The van der Waals surface area contributed by atoms with Crippen LogP contribution in [0.5, 0.6) is 5.75 Å². The maximum atomic E-state index is 12.8. The third-order valence-electron chi connectivity index (χ3n) is 5.13. The third kappa shape index (κ3) is 3.00. The number of carbonyl (C=O) groups excluding carboxylic acids is 1. The second kappa shape index (κ2) is 6.35. The van der Waals surface area contributed by atoms with Gasteiger partial charge in [-0.2, -0.15) is 0 Å². The van der Waals surface area contributed by atoms with E-state index in [9.17, 15) is 4.79 Å². The first-order chi connectivity index (χ1) is 11.3. The summed E-state index contributed by atoms with van der Waals surface area (Å²) in [6.07, 6.45) is 7.71. The van der Waals surface area contributed by atoms with Crippen LogP contribution in [0.1, 0.15) is 25.7 Å². The third-order valence-corrected chi connectivity index (χ3v) is 5.13. The van der Waals surface area contributed by atoms with Crippen molar-refractivity contribution in [3.05, 3.63) is 24.5 Å². The summed E-state index contributed by atoms with van der Waals surface area (Å²) in [5.41, 5.74) is 0. The Bertz CT molecular complexity index is 533. The average molecular weight is 317 g/mol. The topological polar surface area (TPSA) is 54.9 Å². The highest BCUT2D eigenvalue weighted by Crippen LogP contribution is 2.38. The molecule has 23 heavy (non-hydrogen) atoms. The van der Waals surface area contributed by atoms with Crippen LogP contribution in [0.25, 0.3) is 0 Å². The Labute approximate surface area is 136 Å². The van der Waals surface area contributed by atoms with Crippen LogP contribution in [0, 0.1) is 0 Å². The maximum Gasteiger partial charge on any atom is 0.320 e. The zero-order chi connectivity index (χ0) is 15.6. The van der Waals surface area contributed by atoms with E-state index in [1.54, 1.807) is 12.4 Å². The molecule has 1 aromatic rings. The number of hydrogen-bond donors (Lipinski definition) is 0. The molecule has 6 nitrogen and oxygen atoms in total. The SMILES string of the molecule is O=C(N1CCOCC1)N1C2CCC1CC(Oc1cccnc1)C2. The summed E-state index contributed by atoms with van der Waals surface area (Å²) in [5.74, 6) is 0.824. The number of rotatable bonds is 2. The fourth-order valence-corrected chi connectivity index (χ4v) is 4.06. The van der Waals surface area contributed by atoms with Crippen molar-refractivity contribution in [2.75, 3.05) is 26.3 Å². The lowest BCUT2D eigenvalue weighted by Gasteiger charge is -2.42. The second-order valence-corrected chi connectivity index (χ2v) is 6.57. The van der Waals surface area contributed by atoms with Gasteiger partial charge in [0.25, 0.3) is 0 Å². The molecule has 2 atom stereocenters.